The van der Waals surface area contributed by atoms with Gasteiger partial charge in [0.25, 0.3) is 0 Å². The molecule has 0 aromatic heterocycles. The van der Waals surface area contributed by atoms with Crippen molar-refractivity contribution < 1.29 is 18.8 Å². The molecule has 2 aliphatic heterocycles. The molecule has 30 heavy (non-hydrogen) atoms. The zero-order valence-electron chi connectivity index (χ0n) is 18.2. The Labute approximate surface area is 179 Å². The normalized spacial score (nSPS) is 36.7. The third-order valence-electron chi connectivity index (χ3n) is 8.25. The maximum atomic E-state index is 14.1. The summed E-state index contributed by atoms with van der Waals surface area (Å²) in [5.74, 6) is 0.676. The summed E-state index contributed by atoms with van der Waals surface area (Å²) < 4.78 is 20.0. The van der Waals surface area contributed by atoms with Crippen LogP contribution >= 0.6 is 0 Å². The van der Waals surface area contributed by atoms with Gasteiger partial charge in [-0.25, -0.2) is 4.39 Å². The summed E-state index contributed by atoms with van der Waals surface area (Å²) in [6.45, 7) is 9.06. The number of anilines is 1. The van der Waals surface area contributed by atoms with Crippen LogP contribution in [-0.2, 0) is 9.53 Å². The van der Waals surface area contributed by atoms with E-state index in [4.69, 9.17) is 4.74 Å². The van der Waals surface area contributed by atoms with E-state index >= 15 is 0 Å². The first kappa shape index (κ1) is 20.0. The molecule has 1 aromatic rings. The molecular weight excluding hydrogens is 379 g/mol. The van der Waals surface area contributed by atoms with Gasteiger partial charge in [0.1, 0.15) is 17.8 Å². The molecule has 5 rings (SSSR count). The summed E-state index contributed by atoms with van der Waals surface area (Å²) in [6, 6.07) is 7.01. The van der Waals surface area contributed by atoms with Gasteiger partial charge in [0, 0.05) is 5.92 Å². The Kier molecular flexibility index (Phi) is 5.12. The number of ether oxygens (including phenoxy) is 1. The zero-order valence-corrected chi connectivity index (χ0v) is 18.2. The fourth-order valence-corrected chi connectivity index (χ4v) is 6.57. The van der Waals surface area contributed by atoms with Gasteiger partial charge in [0.05, 0.1) is 38.4 Å². The highest BCUT2D eigenvalue weighted by Gasteiger charge is 2.52. The van der Waals surface area contributed by atoms with Crippen LogP contribution in [0.5, 0.6) is 0 Å². The Bertz CT molecular complexity index is 847. The van der Waals surface area contributed by atoms with Gasteiger partial charge in [0.15, 0.2) is 0 Å². The first-order chi connectivity index (χ1) is 14.4. The van der Waals surface area contributed by atoms with E-state index in [2.05, 4.69) is 24.8 Å². The molecule has 5 atom stereocenters. The number of nitrogens with one attached hydrogen (secondary N) is 1. The number of hydrogen-bond acceptors (Lipinski definition) is 3. The van der Waals surface area contributed by atoms with Crippen LogP contribution in [0.25, 0.3) is 0 Å². The highest BCUT2D eigenvalue weighted by molar-refractivity contribution is 5.76. The molecule has 4 nitrogen and oxygen atoms in total. The minimum Gasteiger partial charge on any atom is -0.461 e. The summed E-state index contributed by atoms with van der Waals surface area (Å²) >= 11 is 0. The van der Waals surface area contributed by atoms with Gasteiger partial charge in [0.2, 0.25) is 0 Å². The summed E-state index contributed by atoms with van der Waals surface area (Å²) in [5, 5.41) is 0. The van der Waals surface area contributed by atoms with Crippen LogP contribution in [0.1, 0.15) is 39.5 Å². The SMILES string of the molecule is C[C@@H]1CCC[C@]2(C)C[C@H]3OC(=O)[C@@H](C[NH+]4CCN(c5ccccc5F)CC4)[C@H]3C=C12. The highest BCUT2D eigenvalue weighted by Crippen LogP contribution is 2.53. The molecule has 1 aromatic carbocycles. The topological polar surface area (TPSA) is 34.0 Å². The molecule has 0 radical (unpaired) electrons. The lowest BCUT2D eigenvalue weighted by Crippen LogP contribution is -3.15. The Morgan fingerprint density at radius 3 is 2.80 bits per heavy atom. The van der Waals surface area contributed by atoms with Gasteiger partial charge in [-0.15, -0.1) is 0 Å². The number of allylic oxidation sites excluding steroid dienone is 1. The van der Waals surface area contributed by atoms with Gasteiger partial charge in [-0.05, 0) is 42.7 Å². The molecule has 4 aliphatic rings. The maximum absolute atomic E-state index is 14.1. The van der Waals surface area contributed by atoms with Crippen molar-refractivity contribution in [3.8, 4) is 0 Å². The minimum atomic E-state index is -0.151. The van der Waals surface area contributed by atoms with Crippen LogP contribution in [0.2, 0.25) is 0 Å². The number of carbonyl (C=O) groups is 1. The molecule has 0 bridgehead atoms. The molecule has 1 N–H and O–H groups in total. The van der Waals surface area contributed by atoms with E-state index in [0.717, 1.165) is 39.1 Å². The lowest BCUT2D eigenvalue weighted by molar-refractivity contribution is -0.903. The monoisotopic (exact) mass is 413 g/mol. The van der Waals surface area contributed by atoms with Crippen LogP contribution in [0.15, 0.2) is 35.9 Å². The number of halogens is 1. The number of rotatable bonds is 3. The van der Waals surface area contributed by atoms with Crippen molar-refractivity contribution in [2.75, 3.05) is 37.6 Å². The third-order valence-corrected chi connectivity index (χ3v) is 8.25. The van der Waals surface area contributed by atoms with E-state index < -0.39 is 0 Å². The fraction of sp³-hybridized carbons (Fsp3) is 0.640. The van der Waals surface area contributed by atoms with Gasteiger partial charge in [-0.3, -0.25) is 4.79 Å². The molecular formula is C25H34FN2O2+. The second-order valence-electron chi connectivity index (χ2n) is 10.2. The average Bonchev–Trinajstić information content (AvgIpc) is 3.01. The second kappa shape index (κ2) is 7.67. The predicted octanol–water partition coefficient (Wildman–Crippen LogP) is 2.84. The number of hydrogen-bond donors (Lipinski definition) is 1. The number of carbonyl (C=O) groups excluding carboxylic acids is 1. The zero-order chi connectivity index (χ0) is 20.9. The predicted molar refractivity (Wildman–Crippen MR) is 115 cm³/mol. The summed E-state index contributed by atoms with van der Waals surface area (Å²) in [4.78, 5) is 16.4. The van der Waals surface area contributed by atoms with Crippen molar-refractivity contribution in [1.29, 1.82) is 0 Å². The van der Waals surface area contributed by atoms with Crippen molar-refractivity contribution in [2.45, 2.75) is 45.6 Å². The van der Waals surface area contributed by atoms with Gasteiger partial charge in [-0.2, -0.15) is 0 Å². The van der Waals surface area contributed by atoms with Crippen molar-refractivity contribution in [2.24, 2.45) is 23.2 Å². The van der Waals surface area contributed by atoms with Crippen LogP contribution in [0.4, 0.5) is 10.1 Å². The van der Waals surface area contributed by atoms with E-state index in [1.165, 1.54) is 30.2 Å². The number of fused-ring (bicyclic) bond motifs is 2. The molecule has 0 spiro atoms. The van der Waals surface area contributed by atoms with Crippen LogP contribution < -0.4 is 9.80 Å². The average molecular weight is 414 g/mol. The highest BCUT2D eigenvalue weighted by atomic mass is 19.1. The Morgan fingerprint density at radius 2 is 2.03 bits per heavy atom. The first-order valence-electron chi connectivity index (χ1n) is 11.7. The Morgan fingerprint density at radius 1 is 1.27 bits per heavy atom. The molecule has 162 valence electrons. The van der Waals surface area contributed by atoms with Crippen LogP contribution in [-0.4, -0.2) is 44.8 Å². The van der Waals surface area contributed by atoms with E-state index in [1.54, 1.807) is 11.6 Å². The number of nitrogens with zero attached hydrogens (tertiary/aromatic N) is 1. The molecule has 5 heteroatoms. The first-order valence-corrected chi connectivity index (χ1v) is 11.7. The van der Waals surface area contributed by atoms with Gasteiger partial charge >= 0.3 is 5.97 Å². The number of piperazine rings is 1. The molecule has 0 unspecified atom stereocenters. The summed E-state index contributed by atoms with van der Waals surface area (Å²) in [6.07, 6.45) is 7.26. The standard InChI is InChI=1S/C25H33FN2O2/c1-17-6-5-9-25(2)15-23-18(14-20(17)25)19(24(29)30-23)16-27-10-12-28(13-11-27)22-8-4-3-7-21(22)26/h3-4,7-8,14,17-19,23H,5-6,9-13,15-16H2,1-2H3/p+1/t17-,18-,19+,23-,25-/m1/s1. The molecule has 2 heterocycles. The van der Waals surface area contributed by atoms with E-state index in [0.29, 0.717) is 11.6 Å². The lowest BCUT2D eigenvalue weighted by Gasteiger charge is -2.46. The lowest BCUT2D eigenvalue weighted by atomic mass is 9.59. The maximum Gasteiger partial charge on any atom is 0.315 e. The third kappa shape index (κ3) is 3.45. The molecule has 1 saturated carbocycles. The number of para-hydroxylation sites is 1. The van der Waals surface area contributed by atoms with Gasteiger partial charge < -0.3 is 14.5 Å². The van der Waals surface area contributed by atoms with E-state index in [1.807, 2.05) is 12.1 Å². The number of esters is 1. The Hall–Kier alpha value is -1.88. The summed E-state index contributed by atoms with van der Waals surface area (Å²) in [5.41, 5.74) is 2.49. The number of quaternary nitrogens is 1. The van der Waals surface area contributed by atoms with Crippen LogP contribution in [0, 0.1) is 29.0 Å². The van der Waals surface area contributed by atoms with Crippen molar-refractivity contribution in [3.05, 3.63) is 41.7 Å². The van der Waals surface area contributed by atoms with Crippen molar-refractivity contribution >= 4 is 11.7 Å². The smallest absolute Gasteiger partial charge is 0.315 e. The fourth-order valence-electron chi connectivity index (χ4n) is 6.57. The second-order valence-corrected chi connectivity index (χ2v) is 10.2. The Balaban J connectivity index is 1.27. The summed E-state index contributed by atoms with van der Waals surface area (Å²) in [7, 11) is 0. The van der Waals surface area contributed by atoms with E-state index in [-0.39, 0.29) is 35.1 Å². The van der Waals surface area contributed by atoms with E-state index in [9.17, 15) is 9.18 Å². The molecule has 3 fully saturated rings. The minimum absolute atomic E-state index is 0.000725. The molecule has 2 aliphatic carbocycles. The van der Waals surface area contributed by atoms with Crippen molar-refractivity contribution in [1.82, 2.24) is 0 Å². The molecule has 0 amide bonds. The number of benzene rings is 1. The van der Waals surface area contributed by atoms with Gasteiger partial charge in [-0.1, -0.05) is 44.1 Å². The molecule has 2 saturated heterocycles. The van der Waals surface area contributed by atoms with Crippen molar-refractivity contribution in [3.63, 3.8) is 0 Å². The quantitative estimate of drug-likeness (QED) is 0.611. The van der Waals surface area contributed by atoms with Crippen LogP contribution in [0.3, 0.4) is 0 Å². The largest absolute Gasteiger partial charge is 0.461 e.